The van der Waals surface area contributed by atoms with Crippen molar-refractivity contribution in [3.63, 3.8) is 0 Å². The Bertz CT molecular complexity index is 1000. The van der Waals surface area contributed by atoms with Crippen LogP contribution in [0, 0.1) is 5.92 Å². The normalized spacial score (nSPS) is 25.7. The van der Waals surface area contributed by atoms with Crippen molar-refractivity contribution < 1.29 is 28.6 Å². The van der Waals surface area contributed by atoms with E-state index in [1.54, 1.807) is 19.9 Å². The molecule has 2 aromatic rings. The molecule has 0 aromatic heterocycles. The minimum Gasteiger partial charge on any atom is -0.472 e. The fourth-order valence-electron chi connectivity index (χ4n) is 4.60. The van der Waals surface area contributed by atoms with Gasteiger partial charge in [0.05, 0.1) is 25.2 Å². The topological polar surface area (TPSA) is 90.9 Å². The fourth-order valence-corrected chi connectivity index (χ4v) is 4.60. The number of piperidine rings is 1. The van der Waals surface area contributed by atoms with Gasteiger partial charge in [-0.25, -0.2) is 9.59 Å². The van der Waals surface area contributed by atoms with Crippen molar-refractivity contribution in [3.8, 4) is 5.75 Å². The molecule has 3 atom stereocenters. The van der Waals surface area contributed by atoms with E-state index in [2.05, 4.69) is 5.32 Å². The highest BCUT2D eigenvalue weighted by atomic mass is 16.6. The van der Waals surface area contributed by atoms with E-state index in [1.165, 1.54) is 6.92 Å². The highest BCUT2D eigenvalue weighted by Gasteiger charge is 2.70. The molecule has 2 aliphatic heterocycles. The Kier molecular flexibility index (Phi) is 5.31. The lowest BCUT2D eigenvalue weighted by Gasteiger charge is -2.48. The zero-order chi connectivity index (χ0) is 22.2. The number of ether oxygens (including phenoxy) is 3. The summed E-state index contributed by atoms with van der Waals surface area (Å²) < 4.78 is 16.8. The number of hydrogen-bond acceptors (Lipinski definition) is 7. The first-order valence-electron chi connectivity index (χ1n) is 10.4. The summed E-state index contributed by atoms with van der Waals surface area (Å²) in [6.07, 6.45) is 0. The fraction of sp³-hybridized carbons (Fsp3) is 0.375. The largest absolute Gasteiger partial charge is 0.472 e. The highest BCUT2D eigenvalue weighted by Crippen LogP contribution is 2.55. The highest BCUT2D eigenvalue weighted by molar-refractivity contribution is 6.12. The number of para-hydroxylation sites is 1. The molecule has 1 saturated heterocycles. The molecule has 31 heavy (non-hydrogen) atoms. The third-order valence-electron chi connectivity index (χ3n) is 6.09. The Labute approximate surface area is 180 Å². The quantitative estimate of drug-likeness (QED) is 0.584. The molecule has 0 aliphatic carbocycles. The Morgan fingerprint density at radius 1 is 0.968 bits per heavy atom. The van der Waals surface area contributed by atoms with E-state index in [1.807, 2.05) is 48.5 Å². The summed E-state index contributed by atoms with van der Waals surface area (Å²) in [6, 6.07) is 15.6. The smallest absolute Gasteiger partial charge is 0.338 e. The zero-order valence-corrected chi connectivity index (χ0v) is 17.7. The summed E-state index contributed by atoms with van der Waals surface area (Å²) in [6.45, 7) is 4.95. The van der Waals surface area contributed by atoms with Crippen molar-refractivity contribution in [2.24, 2.45) is 5.92 Å². The summed E-state index contributed by atoms with van der Waals surface area (Å²) in [5.41, 5.74) is -2.08. The Hall–Kier alpha value is -3.19. The number of nitrogens with one attached hydrogen (secondary N) is 1. The second-order valence-corrected chi connectivity index (χ2v) is 7.65. The number of benzene rings is 2. The summed E-state index contributed by atoms with van der Waals surface area (Å²) in [5, 5.41) is 3.18. The SMILES string of the molecule is CCOC(=O)C1(C(=O)OCC)N[C@@H]2c3ccccc3O[C@]2(c2ccccc2)C(=O)[C@H]1C. The molecule has 7 heteroatoms. The molecule has 2 aromatic carbocycles. The van der Waals surface area contributed by atoms with Crippen molar-refractivity contribution in [1.29, 1.82) is 0 Å². The van der Waals surface area contributed by atoms with Crippen LogP contribution in [0.25, 0.3) is 0 Å². The maximum absolute atomic E-state index is 14.1. The summed E-state index contributed by atoms with van der Waals surface area (Å²) in [4.78, 5) is 40.4. The van der Waals surface area contributed by atoms with Gasteiger partial charge in [0.15, 0.2) is 5.78 Å². The number of esters is 2. The van der Waals surface area contributed by atoms with Crippen molar-refractivity contribution in [3.05, 3.63) is 65.7 Å². The Morgan fingerprint density at radius 2 is 1.55 bits per heavy atom. The van der Waals surface area contributed by atoms with Crippen molar-refractivity contribution in [1.82, 2.24) is 5.32 Å². The molecule has 0 radical (unpaired) electrons. The number of carbonyl (C=O) groups excluding carboxylic acids is 3. The van der Waals surface area contributed by atoms with Crippen molar-refractivity contribution in [2.75, 3.05) is 13.2 Å². The van der Waals surface area contributed by atoms with E-state index in [4.69, 9.17) is 14.2 Å². The van der Waals surface area contributed by atoms with Gasteiger partial charge in [-0.2, -0.15) is 0 Å². The first-order chi connectivity index (χ1) is 14.9. The summed E-state index contributed by atoms with van der Waals surface area (Å²) >= 11 is 0. The molecule has 1 fully saturated rings. The van der Waals surface area contributed by atoms with Gasteiger partial charge >= 0.3 is 11.9 Å². The molecular formula is C24H25NO6. The van der Waals surface area contributed by atoms with E-state index in [9.17, 15) is 14.4 Å². The second-order valence-electron chi connectivity index (χ2n) is 7.65. The van der Waals surface area contributed by atoms with Crippen LogP contribution in [0.4, 0.5) is 0 Å². The molecule has 0 amide bonds. The lowest BCUT2D eigenvalue weighted by Crippen LogP contribution is -2.74. The van der Waals surface area contributed by atoms with Gasteiger partial charge in [-0.15, -0.1) is 0 Å². The molecular weight excluding hydrogens is 398 g/mol. The predicted molar refractivity (Wildman–Crippen MR) is 111 cm³/mol. The van der Waals surface area contributed by atoms with Crippen LogP contribution in [-0.2, 0) is 29.5 Å². The monoisotopic (exact) mass is 423 g/mol. The second kappa shape index (κ2) is 7.81. The van der Waals surface area contributed by atoms with Gasteiger partial charge in [0, 0.05) is 11.1 Å². The number of rotatable bonds is 5. The van der Waals surface area contributed by atoms with Gasteiger partial charge < -0.3 is 14.2 Å². The van der Waals surface area contributed by atoms with Crippen LogP contribution in [0.1, 0.15) is 37.9 Å². The van der Waals surface area contributed by atoms with E-state index >= 15 is 0 Å². The van der Waals surface area contributed by atoms with Crippen molar-refractivity contribution in [2.45, 2.75) is 38.0 Å². The van der Waals surface area contributed by atoms with Crippen LogP contribution in [-0.4, -0.2) is 36.5 Å². The molecule has 7 nitrogen and oxygen atoms in total. The number of Topliss-reactive ketones (excluding diaryl/α,β-unsaturated/α-hetero) is 1. The average molecular weight is 423 g/mol. The van der Waals surface area contributed by atoms with Crippen LogP contribution < -0.4 is 10.1 Å². The molecule has 2 heterocycles. The predicted octanol–water partition coefficient (Wildman–Crippen LogP) is 2.69. The number of fused-ring (bicyclic) bond motifs is 3. The minimum absolute atomic E-state index is 0.0597. The lowest BCUT2D eigenvalue weighted by molar-refractivity contribution is -0.181. The van der Waals surface area contributed by atoms with Gasteiger partial charge in [-0.3, -0.25) is 10.1 Å². The number of hydrogen-bond donors (Lipinski definition) is 1. The maximum atomic E-state index is 14.1. The lowest BCUT2D eigenvalue weighted by atomic mass is 9.66. The van der Waals surface area contributed by atoms with Crippen LogP contribution in [0.5, 0.6) is 5.75 Å². The first-order valence-corrected chi connectivity index (χ1v) is 10.4. The van der Waals surface area contributed by atoms with Crippen LogP contribution in [0.2, 0.25) is 0 Å². The summed E-state index contributed by atoms with van der Waals surface area (Å²) in [7, 11) is 0. The molecule has 0 saturated carbocycles. The molecule has 0 unspecified atom stereocenters. The molecule has 0 bridgehead atoms. The van der Waals surface area contributed by atoms with Gasteiger partial charge in [-0.1, -0.05) is 55.5 Å². The minimum atomic E-state index is -1.98. The van der Waals surface area contributed by atoms with Gasteiger partial charge in [0.1, 0.15) is 5.75 Å². The van der Waals surface area contributed by atoms with E-state index < -0.39 is 35.0 Å². The molecule has 1 N–H and O–H groups in total. The molecule has 2 aliphatic rings. The molecule has 0 spiro atoms. The van der Waals surface area contributed by atoms with Crippen LogP contribution in [0.15, 0.2) is 54.6 Å². The molecule has 162 valence electrons. The van der Waals surface area contributed by atoms with E-state index in [0.29, 0.717) is 16.9 Å². The third kappa shape index (κ3) is 2.87. The Balaban J connectivity index is 1.94. The third-order valence-corrected chi connectivity index (χ3v) is 6.09. The maximum Gasteiger partial charge on any atom is 0.338 e. The van der Waals surface area contributed by atoms with Crippen molar-refractivity contribution >= 4 is 17.7 Å². The zero-order valence-electron chi connectivity index (χ0n) is 17.7. The number of carbonyl (C=O) groups is 3. The Morgan fingerprint density at radius 3 is 2.16 bits per heavy atom. The average Bonchev–Trinajstić information content (AvgIpc) is 3.12. The van der Waals surface area contributed by atoms with E-state index in [-0.39, 0.29) is 19.0 Å². The molecule has 4 rings (SSSR count). The summed E-state index contributed by atoms with van der Waals surface area (Å²) in [5.74, 6) is -2.63. The van der Waals surface area contributed by atoms with Crippen LogP contribution >= 0.6 is 0 Å². The number of ketones is 1. The standard InChI is InChI=1S/C24H25NO6/c1-4-29-21(27)23(22(28)30-5-2)15(3)20(26)24(16-11-7-6-8-12-16)19(25-23)17-13-9-10-14-18(17)31-24/h6-15,19,25H,4-5H2,1-3H3/t15-,19-,24+/m1/s1. The van der Waals surface area contributed by atoms with Gasteiger partial charge in [-0.05, 0) is 19.9 Å². The first kappa shape index (κ1) is 21.1. The van der Waals surface area contributed by atoms with Gasteiger partial charge in [0.25, 0.3) is 0 Å². The van der Waals surface area contributed by atoms with Crippen LogP contribution in [0.3, 0.4) is 0 Å². The van der Waals surface area contributed by atoms with E-state index in [0.717, 1.165) is 0 Å². The van der Waals surface area contributed by atoms with Gasteiger partial charge in [0.2, 0.25) is 11.1 Å².